The highest BCUT2D eigenvalue weighted by Gasteiger charge is 2.16. The van der Waals surface area contributed by atoms with E-state index in [1.165, 1.54) is 11.3 Å². The molecule has 0 aliphatic rings. The molecule has 1 N–H and O–H groups in total. The lowest BCUT2D eigenvalue weighted by Gasteiger charge is -1.99. The van der Waals surface area contributed by atoms with E-state index in [0.717, 1.165) is 5.69 Å². The minimum Gasteiger partial charge on any atom is -0.379 e. The van der Waals surface area contributed by atoms with Crippen LogP contribution in [0, 0.1) is 17.0 Å². The van der Waals surface area contributed by atoms with Gasteiger partial charge in [0.05, 0.1) is 0 Å². The number of nitrogens with zero attached hydrogens (tertiary/aromatic N) is 2. The first-order chi connectivity index (χ1) is 5.59. The summed E-state index contributed by atoms with van der Waals surface area (Å²) in [6.45, 7) is 1.30. The van der Waals surface area contributed by atoms with Gasteiger partial charge in [0.25, 0.3) is 0 Å². The lowest BCUT2D eigenvalue weighted by Crippen LogP contribution is -2.11. The van der Waals surface area contributed by atoms with Crippen molar-refractivity contribution < 1.29 is 10.0 Å². The summed E-state index contributed by atoms with van der Waals surface area (Å²) in [6.07, 6.45) is -1.07. The number of rotatable bonds is 3. The number of nitro groups is 1. The summed E-state index contributed by atoms with van der Waals surface area (Å²) in [5.74, 6) is 0. The van der Waals surface area contributed by atoms with Gasteiger partial charge < -0.3 is 5.11 Å². The largest absolute Gasteiger partial charge is 0.379 e. The van der Waals surface area contributed by atoms with E-state index >= 15 is 0 Å². The number of aromatic nitrogens is 1. The Labute approximate surface area is 72.8 Å². The summed E-state index contributed by atoms with van der Waals surface area (Å²) in [7, 11) is 0. The minimum atomic E-state index is -1.07. The molecule has 1 aromatic heterocycles. The molecule has 0 amide bonds. The van der Waals surface area contributed by atoms with Gasteiger partial charge in [0, 0.05) is 16.0 Å². The number of hydrogen-bond acceptors (Lipinski definition) is 5. The summed E-state index contributed by atoms with van der Waals surface area (Å²) in [5, 5.41) is 21.4. The Morgan fingerprint density at radius 3 is 3.00 bits per heavy atom. The van der Waals surface area contributed by atoms with Crippen LogP contribution in [0.1, 0.15) is 16.8 Å². The maximum Gasteiger partial charge on any atom is 0.235 e. The zero-order valence-corrected chi connectivity index (χ0v) is 7.24. The van der Waals surface area contributed by atoms with Gasteiger partial charge in [-0.3, -0.25) is 10.1 Å². The Bertz CT molecular complexity index is 286. The molecule has 12 heavy (non-hydrogen) atoms. The highest BCUT2D eigenvalue weighted by atomic mass is 32.1. The van der Waals surface area contributed by atoms with Gasteiger partial charge in [-0.25, -0.2) is 4.98 Å². The molecule has 0 saturated carbocycles. The molecule has 1 unspecified atom stereocenters. The summed E-state index contributed by atoms with van der Waals surface area (Å²) in [6, 6.07) is 0. The van der Waals surface area contributed by atoms with E-state index in [9.17, 15) is 15.2 Å². The molecule has 0 aliphatic carbocycles. The van der Waals surface area contributed by atoms with Crippen molar-refractivity contribution in [2.24, 2.45) is 0 Å². The van der Waals surface area contributed by atoms with Crippen molar-refractivity contribution in [3.8, 4) is 0 Å². The molecule has 1 rings (SSSR count). The van der Waals surface area contributed by atoms with Crippen molar-refractivity contribution in [1.29, 1.82) is 0 Å². The fourth-order valence-corrected chi connectivity index (χ4v) is 1.52. The molecule has 0 radical (unpaired) electrons. The number of aryl methyl sites for hydroxylation is 1. The van der Waals surface area contributed by atoms with Crippen LogP contribution in [0.15, 0.2) is 5.38 Å². The number of hydrogen-bond donors (Lipinski definition) is 1. The standard InChI is InChI=1S/C6H8N2O3S/c1-4-3-12-6(7-4)5(9)2-8(10)11/h3,5,9H,2H2,1H3. The first-order valence-electron chi connectivity index (χ1n) is 3.31. The third-order valence-electron chi connectivity index (χ3n) is 1.24. The van der Waals surface area contributed by atoms with Crippen LogP contribution in [0.4, 0.5) is 0 Å². The number of aliphatic hydroxyl groups is 1. The quantitative estimate of drug-likeness (QED) is 0.561. The average molecular weight is 188 g/mol. The Morgan fingerprint density at radius 1 is 1.92 bits per heavy atom. The lowest BCUT2D eigenvalue weighted by atomic mass is 10.4. The fraction of sp³-hybridized carbons (Fsp3) is 0.500. The van der Waals surface area contributed by atoms with Crippen LogP contribution >= 0.6 is 11.3 Å². The number of aliphatic hydroxyl groups excluding tert-OH is 1. The maximum absolute atomic E-state index is 10.0. The molecule has 1 heterocycles. The van der Waals surface area contributed by atoms with Crippen molar-refractivity contribution in [3.63, 3.8) is 0 Å². The second-order valence-corrected chi connectivity index (χ2v) is 3.25. The van der Waals surface area contributed by atoms with Crippen LogP contribution in [0.25, 0.3) is 0 Å². The summed E-state index contributed by atoms with van der Waals surface area (Å²) in [5.41, 5.74) is 0.775. The van der Waals surface area contributed by atoms with Crippen molar-refractivity contribution >= 4 is 11.3 Å². The molecule has 66 valence electrons. The zero-order chi connectivity index (χ0) is 9.14. The Morgan fingerprint density at radius 2 is 2.58 bits per heavy atom. The van der Waals surface area contributed by atoms with Gasteiger partial charge in [0.2, 0.25) is 6.54 Å². The van der Waals surface area contributed by atoms with E-state index < -0.39 is 17.6 Å². The molecule has 0 saturated heterocycles. The third-order valence-corrected chi connectivity index (χ3v) is 2.31. The lowest BCUT2D eigenvalue weighted by molar-refractivity contribution is -0.491. The first kappa shape index (κ1) is 9.08. The molecule has 0 fully saturated rings. The van der Waals surface area contributed by atoms with Gasteiger partial charge in [-0.2, -0.15) is 0 Å². The Kier molecular flexibility index (Phi) is 2.72. The van der Waals surface area contributed by atoms with Gasteiger partial charge in [-0.05, 0) is 6.92 Å². The summed E-state index contributed by atoms with van der Waals surface area (Å²) >= 11 is 1.23. The van der Waals surface area contributed by atoms with Crippen LogP contribution in [0.2, 0.25) is 0 Å². The molecule has 0 bridgehead atoms. The van der Waals surface area contributed by atoms with Gasteiger partial charge in [-0.1, -0.05) is 0 Å². The average Bonchev–Trinajstić information content (AvgIpc) is 2.34. The summed E-state index contributed by atoms with van der Waals surface area (Å²) in [4.78, 5) is 13.4. The number of thiazole rings is 1. The highest BCUT2D eigenvalue weighted by Crippen LogP contribution is 2.17. The van der Waals surface area contributed by atoms with Crippen molar-refractivity contribution in [3.05, 3.63) is 26.2 Å². The molecule has 0 aliphatic heterocycles. The minimum absolute atomic E-state index is 0.407. The van der Waals surface area contributed by atoms with Gasteiger partial charge in [0.1, 0.15) is 5.01 Å². The van der Waals surface area contributed by atoms with Gasteiger partial charge >= 0.3 is 0 Å². The van der Waals surface area contributed by atoms with Crippen LogP contribution < -0.4 is 0 Å². The fourth-order valence-electron chi connectivity index (χ4n) is 0.745. The molecule has 0 spiro atoms. The van der Waals surface area contributed by atoms with Crippen LogP contribution in [0.5, 0.6) is 0 Å². The third kappa shape index (κ3) is 2.24. The molecular weight excluding hydrogens is 180 g/mol. The van der Waals surface area contributed by atoms with E-state index in [4.69, 9.17) is 0 Å². The SMILES string of the molecule is Cc1csc(C(O)C[N+](=O)[O-])n1. The van der Waals surface area contributed by atoms with Crippen molar-refractivity contribution in [2.45, 2.75) is 13.0 Å². The predicted molar refractivity (Wildman–Crippen MR) is 43.7 cm³/mol. The summed E-state index contributed by atoms with van der Waals surface area (Å²) < 4.78 is 0. The molecule has 0 aromatic carbocycles. The van der Waals surface area contributed by atoms with E-state index in [1.54, 1.807) is 12.3 Å². The zero-order valence-electron chi connectivity index (χ0n) is 6.43. The van der Waals surface area contributed by atoms with Gasteiger partial charge in [0.15, 0.2) is 6.10 Å². The second kappa shape index (κ2) is 3.59. The second-order valence-electron chi connectivity index (χ2n) is 2.36. The molecule has 1 atom stereocenters. The highest BCUT2D eigenvalue weighted by molar-refractivity contribution is 7.09. The van der Waals surface area contributed by atoms with Crippen LogP contribution in [0.3, 0.4) is 0 Å². The molecule has 6 heteroatoms. The normalized spacial score (nSPS) is 12.8. The Hall–Kier alpha value is -1.01. The van der Waals surface area contributed by atoms with Crippen molar-refractivity contribution in [1.82, 2.24) is 4.98 Å². The van der Waals surface area contributed by atoms with Crippen molar-refractivity contribution in [2.75, 3.05) is 6.54 Å². The first-order valence-corrected chi connectivity index (χ1v) is 4.19. The van der Waals surface area contributed by atoms with E-state index in [2.05, 4.69) is 4.98 Å². The van der Waals surface area contributed by atoms with E-state index in [1.807, 2.05) is 0 Å². The molecular formula is C6H8N2O3S. The van der Waals surface area contributed by atoms with Crippen LogP contribution in [-0.4, -0.2) is 21.6 Å². The monoisotopic (exact) mass is 188 g/mol. The molecule has 1 aromatic rings. The molecule has 5 nitrogen and oxygen atoms in total. The van der Waals surface area contributed by atoms with Crippen LogP contribution in [-0.2, 0) is 0 Å². The maximum atomic E-state index is 10.0. The Balaban J connectivity index is 2.64. The topological polar surface area (TPSA) is 76.3 Å². The predicted octanol–water partition coefficient (Wildman–Crippen LogP) is 0.762. The van der Waals surface area contributed by atoms with Gasteiger partial charge in [-0.15, -0.1) is 11.3 Å². The smallest absolute Gasteiger partial charge is 0.235 e. The van der Waals surface area contributed by atoms with E-state index in [-0.39, 0.29) is 0 Å². The van der Waals surface area contributed by atoms with E-state index in [0.29, 0.717) is 5.01 Å².